The van der Waals surface area contributed by atoms with E-state index in [0.29, 0.717) is 6.61 Å². The van der Waals surface area contributed by atoms with Gasteiger partial charge >= 0.3 is 0 Å². The Bertz CT molecular complexity index is 259. The second kappa shape index (κ2) is 4.15. The normalized spacial score (nSPS) is 19.2. The largest absolute Gasteiger partial charge is 0.468 e. The molecule has 0 aliphatic heterocycles. The van der Waals surface area contributed by atoms with E-state index in [1.165, 1.54) is 6.42 Å². The van der Waals surface area contributed by atoms with E-state index in [4.69, 9.17) is 4.42 Å². The topological polar surface area (TPSA) is 45.4 Å². The smallest absolute Gasteiger partial charge is 0.117 e. The van der Waals surface area contributed by atoms with Crippen molar-refractivity contribution in [3.8, 4) is 0 Å². The minimum absolute atomic E-state index is 0.159. The Labute approximate surface area is 84.1 Å². The summed E-state index contributed by atoms with van der Waals surface area (Å²) in [7, 11) is 0. The SMILES string of the molecule is OCC1(CNCc2ccco2)CCC1. The van der Waals surface area contributed by atoms with Crippen LogP contribution in [0.25, 0.3) is 0 Å². The van der Waals surface area contributed by atoms with Gasteiger partial charge in [0.05, 0.1) is 12.8 Å². The molecule has 0 radical (unpaired) electrons. The molecule has 2 N–H and O–H groups in total. The number of nitrogens with one attached hydrogen (secondary N) is 1. The Kier molecular flexibility index (Phi) is 2.89. The molecule has 1 aliphatic rings. The van der Waals surface area contributed by atoms with Crippen LogP contribution in [0.3, 0.4) is 0 Å². The maximum Gasteiger partial charge on any atom is 0.117 e. The van der Waals surface area contributed by atoms with Crippen molar-refractivity contribution in [3.63, 3.8) is 0 Å². The zero-order valence-corrected chi connectivity index (χ0v) is 8.33. The zero-order chi connectivity index (χ0) is 9.86. The van der Waals surface area contributed by atoms with E-state index in [2.05, 4.69) is 5.32 Å². The summed E-state index contributed by atoms with van der Waals surface area (Å²) in [6, 6.07) is 3.85. The fourth-order valence-electron chi connectivity index (χ4n) is 1.93. The predicted molar refractivity (Wildman–Crippen MR) is 53.8 cm³/mol. The first kappa shape index (κ1) is 9.74. The van der Waals surface area contributed by atoms with E-state index in [1.54, 1.807) is 6.26 Å². The number of rotatable bonds is 5. The van der Waals surface area contributed by atoms with Gasteiger partial charge in [-0.1, -0.05) is 6.42 Å². The van der Waals surface area contributed by atoms with Crippen LogP contribution in [0.4, 0.5) is 0 Å². The highest BCUT2D eigenvalue weighted by molar-refractivity contribution is 4.98. The van der Waals surface area contributed by atoms with Crippen molar-refractivity contribution in [1.29, 1.82) is 0 Å². The molecule has 3 nitrogen and oxygen atoms in total. The molecule has 0 atom stereocenters. The number of hydrogen-bond acceptors (Lipinski definition) is 3. The molecule has 3 heteroatoms. The molecule has 0 saturated heterocycles. The van der Waals surface area contributed by atoms with Gasteiger partial charge in [0.1, 0.15) is 5.76 Å². The molecule has 2 rings (SSSR count). The first-order valence-electron chi connectivity index (χ1n) is 5.19. The Morgan fingerprint density at radius 1 is 1.50 bits per heavy atom. The van der Waals surface area contributed by atoms with E-state index >= 15 is 0 Å². The maximum atomic E-state index is 9.23. The lowest BCUT2D eigenvalue weighted by Crippen LogP contribution is -2.42. The van der Waals surface area contributed by atoms with Crippen molar-refractivity contribution in [1.82, 2.24) is 5.32 Å². The van der Waals surface area contributed by atoms with Crippen LogP contribution in [-0.2, 0) is 6.54 Å². The van der Waals surface area contributed by atoms with Gasteiger partial charge in [0.25, 0.3) is 0 Å². The third kappa shape index (κ3) is 1.99. The van der Waals surface area contributed by atoms with Crippen LogP contribution in [0.15, 0.2) is 22.8 Å². The van der Waals surface area contributed by atoms with E-state index in [9.17, 15) is 5.11 Å². The first-order valence-corrected chi connectivity index (χ1v) is 5.19. The van der Waals surface area contributed by atoms with Crippen molar-refractivity contribution < 1.29 is 9.52 Å². The lowest BCUT2D eigenvalue weighted by Gasteiger charge is -2.40. The van der Waals surface area contributed by atoms with Crippen molar-refractivity contribution in [2.24, 2.45) is 5.41 Å². The van der Waals surface area contributed by atoms with E-state index in [0.717, 1.165) is 31.7 Å². The van der Waals surface area contributed by atoms with Crippen LogP contribution in [0, 0.1) is 5.41 Å². The highest BCUT2D eigenvalue weighted by Crippen LogP contribution is 2.39. The van der Waals surface area contributed by atoms with Gasteiger partial charge in [0, 0.05) is 18.6 Å². The van der Waals surface area contributed by atoms with Crippen molar-refractivity contribution in [2.45, 2.75) is 25.8 Å². The minimum Gasteiger partial charge on any atom is -0.468 e. The van der Waals surface area contributed by atoms with Crippen LogP contribution in [0.1, 0.15) is 25.0 Å². The number of aliphatic hydroxyl groups is 1. The second-order valence-corrected chi connectivity index (χ2v) is 4.19. The lowest BCUT2D eigenvalue weighted by molar-refractivity contribution is 0.0441. The molecule has 0 unspecified atom stereocenters. The van der Waals surface area contributed by atoms with Gasteiger partial charge in [-0.15, -0.1) is 0 Å². The van der Waals surface area contributed by atoms with E-state index in [-0.39, 0.29) is 5.41 Å². The Balaban J connectivity index is 1.72. The van der Waals surface area contributed by atoms with Gasteiger partial charge in [0.15, 0.2) is 0 Å². The summed E-state index contributed by atoms with van der Waals surface area (Å²) >= 11 is 0. The Hall–Kier alpha value is -0.800. The standard InChI is InChI=1S/C11H17NO2/c13-9-11(4-2-5-11)8-12-7-10-3-1-6-14-10/h1,3,6,12-13H,2,4-5,7-9H2. The molecule has 1 aromatic rings. The minimum atomic E-state index is 0.159. The summed E-state index contributed by atoms with van der Waals surface area (Å²) in [4.78, 5) is 0. The molecule has 1 heterocycles. The van der Waals surface area contributed by atoms with Gasteiger partial charge in [0.2, 0.25) is 0 Å². The average Bonchev–Trinajstić information content (AvgIpc) is 2.62. The van der Waals surface area contributed by atoms with Crippen LogP contribution < -0.4 is 5.32 Å². The molecule has 1 aromatic heterocycles. The van der Waals surface area contributed by atoms with Gasteiger partial charge in [-0.05, 0) is 25.0 Å². The third-order valence-corrected chi connectivity index (χ3v) is 3.13. The summed E-state index contributed by atoms with van der Waals surface area (Å²) in [6.45, 7) is 1.96. The van der Waals surface area contributed by atoms with Crippen molar-refractivity contribution in [2.75, 3.05) is 13.2 Å². The third-order valence-electron chi connectivity index (χ3n) is 3.13. The monoisotopic (exact) mass is 195 g/mol. The van der Waals surface area contributed by atoms with Gasteiger partial charge in [-0.3, -0.25) is 0 Å². The van der Waals surface area contributed by atoms with Gasteiger partial charge < -0.3 is 14.8 Å². The van der Waals surface area contributed by atoms with Crippen molar-refractivity contribution in [3.05, 3.63) is 24.2 Å². The summed E-state index contributed by atoms with van der Waals surface area (Å²) in [5, 5.41) is 12.6. The number of furan rings is 1. The average molecular weight is 195 g/mol. The Morgan fingerprint density at radius 2 is 2.36 bits per heavy atom. The number of hydrogen-bond donors (Lipinski definition) is 2. The molecule has 1 saturated carbocycles. The lowest BCUT2D eigenvalue weighted by atomic mass is 9.69. The molecule has 0 aromatic carbocycles. The summed E-state index contributed by atoms with van der Waals surface area (Å²) in [5.41, 5.74) is 0.159. The molecule has 0 spiro atoms. The summed E-state index contributed by atoms with van der Waals surface area (Å²) in [6.07, 6.45) is 5.23. The van der Waals surface area contributed by atoms with Crippen molar-refractivity contribution >= 4 is 0 Å². The van der Waals surface area contributed by atoms with Crippen LogP contribution in [0.5, 0.6) is 0 Å². The van der Waals surface area contributed by atoms with E-state index in [1.807, 2.05) is 12.1 Å². The second-order valence-electron chi connectivity index (χ2n) is 4.19. The fraction of sp³-hybridized carbons (Fsp3) is 0.636. The molecule has 78 valence electrons. The summed E-state index contributed by atoms with van der Waals surface area (Å²) < 4.78 is 5.21. The molecule has 0 amide bonds. The molecular weight excluding hydrogens is 178 g/mol. The van der Waals surface area contributed by atoms with Crippen LogP contribution in [-0.4, -0.2) is 18.3 Å². The molecule has 1 aliphatic carbocycles. The van der Waals surface area contributed by atoms with Crippen LogP contribution in [0.2, 0.25) is 0 Å². The first-order chi connectivity index (χ1) is 6.85. The highest BCUT2D eigenvalue weighted by atomic mass is 16.3. The Morgan fingerprint density at radius 3 is 2.86 bits per heavy atom. The predicted octanol–water partition coefficient (Wildman–Crippen LogP) is 1.53. The molecular formula is C11H17NO2. The van der Waals surface area contributed by atoms with Gasteiger partial charge in [-0.25, -0.2) is 0 Å². The fourth-order valence-corrected chi connectivity index (χ4v) is 1.93. The molecule has 14 heavy (non-hydrogen) atoms. The van der Waals surface area contributed by atoms with E-state index < -0.39 is 0 Å². The maximum absolute atomic E-state index is 9.23. The van der Waals surface area contributed by atoms with Gasteiger partial charge in [-0.2, -0.15) is 0 Å². The quantitative estimate of drug-likeness (QED) is 0.749. The molecule has 1 fully saturated rings. The highest BCUT2D eigenvalue weighted by Gasteiger charge is 2.35. The van der Waals surface area contributed by atoms with Crippen LogP contribution >= 0.6 is 0 Å². The summed E-state index contributed by atoms with van der Waals surface area (Å²) in [5.74, 6) is 0.956. The number of aliphatic hydroxyl groups excluding tert-OH is 1. The zero-order valence-electron chi connectivity index (χ0n) is 8.33. The molecule has 0 bridgehead atoms.